The van der Waals surface area contributed by atoms with Crippen molar-refractivity contribution < 1.29 is 9.47 Å². The van der Waals surface area contributed by atoms with Gasteiger partial charge in [0.1, 0.15) is 13.2 Å². The number of nitrogens with two attached hydrogens (primary N) is 1. The van der Waals surface area contributed by atoms with E-state index < -0.39 is 0 Å². The van der Waals surface area contributed by atoms with Crippen LogP contribution in [0.3, 0.4) is 0 Å². The summed E-state index contributed by atoms with van der Waals surface area (Å²) >= 11 is 0. The number of rotatable bonds is 6. The highest BCUT2D eigenvalue weighted by Gasteiger charge is 2.15. The van der Waals surface area contributed by atoms with Crippen molar-refractivity contribution in [1.29, 1.82) is 0 Å². The van der Waals surface area contributed by atoms with E-state index in [-0.39, 0.29) is 5.41 Å². The molecular weight excluding hydrogens is 240 g/mol. The van der Waals surface area contributed by atoms with Crippen LogP contribution in [0.15, 0.2) is 18.2 Å². The Kier molecular flexibility index (Phi) is 4.66. The number of hydrogen-bond donors (Lipinski definition) is 2. The van der Waals surface area contributed by atoms with Gasteiger partial charge in [-0.05, 0) is 42.6 Å². The highest BCUT2D eigenvalue weighted by molar-refractivity contribution is 5.43. The number of benzene rings is 1. The van der Waals surface area contributed by atoms with E-state index in [1.807, 2.05) is 6.07 Å². The lowest BCUT2D eigenvalue weighted by Gasteiger charge is -2.22. The molecule has 2 rings (SSSR count). The molecule has 4 heteroatoms. The summed E-state index contributed by atoms with van der Waals surface area (Å²) in [7, 11) is 0. The second-order valence-electron chi connectivity index (χ2n) is 5.77. The number of hydrogen-bond acceptors (Lipinski definition) is 4. The highest BCUT2D eigenvalue weighted by Crippen LogP contribution is 2.30. The SMILES string of the molecule is CC(C)(CN)CCNCc1ccc2c(c1)OCCO2. The summed E-state index contributed by atoms with van der Waals surface area (Å²) in [5, 5.41) is 3.45. The van der Waals surface area contributed by atoms with Gasteiger partial charge in [0.05, 0.1) is 0 Å². The number of fused-ring (bicyclic) bond motifs is 1. The Balaban J connectivity index is 1.80. The van der Waals surface area contributed by atoms with Crippen molar-refractivity contribution in [3.05, 3.63) is 23.8 Å². The maximum absolute atomic E-state index is 5.72. The van der Waals surface area contributed by atoms with Gasteiger partial charge in [-0.3, -0.25) is 0 Å². The van der Waals surface area contributed by atoms with Gasteiger partial charge >= 0.3 is 0 Å². The van der Waals surface area contributed by atoms with Crippen molar-refractivity contribution >= 4 is 0 Å². The number of ether oxygens (including phenoxy) is 2. The molecule has 0 aliphatic carbocycles. The molecule has 106 valence electrons. The van der Waals surface area contributed by atoms with Crippen LogP contribution in [0.1, 0.15) is 25.8 Å². The normalized spacial score (nSPS) is 14.5. The van der Waals surface area contributed by atoms with Gasteiger partial charge in [-0.1, -0.05) is 19.9 Å². The van der Waals surface area contributed by atoms with E-state index >= 15 is 0 Å². The largest absolute Gasteiger partial charge is 0.486 e. The van der Waals surface area contributed by atoms with Crippen molar-refractivity contribution in [1.82, 2.24) is 5.32 Å². The van der Waals surface area contributed by atoms with Crippen molar-refractivity contribution in [3.63, 3.8) is 0 Å². The minimum atomic E-state index is 0.208. The minimum absolute atomic E-state index is 0.208. The first-order chi connectivity index (χ1) is 9.11. The van der Waals surface area contributed by atoms with E-state index in [9.17, 15) is 0 Å². The molecule has 0 saturated heterocycles. The molecule has 0 fully saturated rings. The lowest BCUT2D eigenvalue weighted by Crippen LogP contribution is -2.28. The average molecular weight is 264 g/mol. The summed E-state index contributed by atoms with van der Waals surface area (Å²) in [6.45, 7) is 8.19. The third kappa shape index (κ3) is 4.11. The Labute approximate surface area is 115 Å². The molecule has 1 aliphatic rings. The summed E-state index contributed by atoms with van der Waals surface area (Å²) < 4.78 is 11.1. The van der Waals surface area contributed by atoms with Gasteiger partial charge in [-0.15, -0.1) is 0 Å². The lowest BCUT2D eigenvalue weighted by atomic mass is 9.90. The van der Waals surface area contributed by atoms with E-state index in [4.69, 9.17) is 15.2 Å². The van der Waals surface area contributed by atoms with Crippen LogP contribution >= 0.6 is 0 Å². The maximum atomic E-state index is 5.72. The van der Waals surface area contributed by atoms with Crippen molar-refractivity contribution in [2.75, 3.05) is 26.3 Å². The summed E-state index contributed by atoms with van der Waals surface area (Å²) in [6.07, 6.45) is 1.08. The van der Waals surface area contributed by atoms with E-state index in [1.165, 1.54) is 5.56 Å². The summed E-state index contributed by atoms with van der Waals surface area (Å²) in [6, 6.07) is 6.11. The molecule has 0 unspecified atom stereocenters. The van der Waals surface area contributed by atoms with Crippen LogP contribution in [-0.4, -0.2) is 26.3 Å². The predicted octanol–water partition coefficient (Wildman–Crippen LogP) is 1.92. The van der Waals surface area contributed by atoms with E-state index in [1.54, 1.807) is 0 Å². The van der Waals surface area contributed by atoms with Crippen molar-refractivity contribution in [3.8, 4) is 11.5 Å². The Morgan fingerprint density at radius 2 is 1.95 bits per heavy atom. The zero-order valence-corrected chi connectivity index (χ0v) is 11.9. The molecule has 19 heavy (non-hydrogen) atoms. The molecule has 3 N–H and O–H groups in total. The molecule has 0 spiro atoms. The number of nitrogens with one attached hydrogen (secondary N) is 1. The molecule has 0 atom stereocenters. The zero-order valence-electron chi connectivity index (χ0n) is 11.9. The minimum Gasteiger partial charge on any atom is -0.486 e. The maximum Gasteiger partial charge on any atom is 0.161 e. The molecule has 0 amide bonds. The van der Waals surface area contributed by atoms with Crippen LogP contribution in [0, 0.1) is 5.41 Å². The molecule has 1 aromatic carbocycles. The molecule has 1 heterocycles. The fraction of sp³-hybridized carbons (Fsp3) is 0.600. The molecule has 0 bridgehead atoms. The van der Waals surface area contributed by atoms with Gasteiger partial charge < -0.3 is 20.5 Å². The van der Waals surface area contributed by atoms with Gasteiger partial charge in [0.2, 0.25) is 0 Å². The Hall–Kier alpha value is -1.26. The van der Waals surface area contributed by atoms with Crippen molar-refractivity contribution in [2.24, 2.45) is 11.1 Å². The quantitative estimate of drug-likeness (QED) is 0.771. The average Bonchev–Trinajstić information content (AvgIpc) is 2.43. The summed E-state index contributed by atoms with van der Waals surface area (Å²) in [5.41, 5.74) is 7.14. The van der Waals surface area contributed by atoms with Gasteiger partial charge in [0.15, 0.2) is 11.5 Å². The summed E-state index contributed by atoms with van der Waals surface area (Å²) in [4.78, 5) is 0. The first kappa shape index (κ1) is 14.2. The van der Waals surface area contributed by atoms with E-state index in [0.717, 1.165) is 37.6 Å². The Morgan fingerprint density at radius 3 is 2.68 bits per heavy atom. The molecule has 0 saturated carbocycles. The third-order valence-corrected chi connectivity index (χ3v) is 3.47. The molecule has 4 nitrogen and oxygen atoms in total. The third-order valence-electron chi connectivity index (χ3n) is 3.47. The van der Waals surface area contributed by atoms with Crippen molar-refractivity contribution in [2.45, 2.75) is 26.8 Å². The van der Waals surface area contributed by atoms with Crippen LogP contribution in [0.5, 0.6) is 11.5 Å². The lowest BCUT2D eigenvalue weighted by molar-refractivity contribution is 0.171. The molecule has 1 aromatic rings. The molecule has 1 aliphatic heterocycles. The van der Waals surface area contributed by atoms with Crippen LogP contribution < -0.4 is 20.5 Å². The predicted molar refractivity (Wildman–Crippen MR) is 76.6 cm³/mol. The van der Waals surface area contributed by atoms with Gasteiger partial charge in [0.25, 0.3) is 0 Å². The molecule has 0 radical (unpaired) electrons. The Morgan fingerprint density at radius 1 is 1.21 bits per heavy atom. The van der Waals surface area contributed by atoms with Crippen LogP contribution in [0.2, 0.25) is 0 Å². The second kappa shape index (κ2) is 6.26. The van der Waals surface area contributed by atoms with Gasteiger partial charge in [0, 0.05) is 6.54 Å². The van der Waals surface area contributed by atoms with E-state index in [2.05, 4.69) is 31.3 Å². The van der Waals surface area contributed by atoms with Gasteiger partial charge in [-0.25, -0.2) is 0 Å². The van der Waals surface area contributed by atoms with E-state index in [0.29, 0.717) is 13.2 Å². The second-order valence-corrected chi connectivity index (χ2v) is 5.77. The molecule has 0 aromatic heterocycles. The van der Waals surface area contributed by atoms with Crippen LogP contribution in [-0.2, 0) is 6.54 Å². The first-order valence-corrected chi connectivity index (χ1v) is 6.90. The van der Waals surface area contributed by atoms with Gasteiger partial charge in [-0.2, -0.15) is 0 Å². The Bertz CT molecular complexity index is 419. The fourth-order valence-electron chi connectivity index (χ4n) is 1.96. The van der Waals surface area contributed by atoms with Crippen LogP contribution in [0.4, 0.5) is 0 Å². The molecular formula is C15H24N2O2. The smallest absolute Gasteiger partial charge is 0.161 e. The van der Waals surface area contributed by atoms with Crippen LogP contribution in [0.25, 0.3) is 0 Å². The summed E-state index contributed by atoms with van der Waals surface area (Å²) in [5.74, 6) is 1.70. The first-order valence-electron chi connectivity index (χ1n) is 6.90. The monoisotopic (exact) mass is 264 g/mol. The highest BCUT2D eigenvalue weighted by atomic mass is 16.6. The fourth-order valence-corrected chi connectivity index (χ4v) is 1.96. The zero-order chi connectivity index (χ0) is 13.7. The standard InChI is InChI=1S/C15H24N2O2/c1-15(2,11-16)5-6-17-10-12-3-4-13-14(9-12)19-8-7-18-13/h3-4,9,17H,5-8,10-11,16H2,1-2H3. The topological polar surface area (TPSA) is 56.5 Å².